The molecule has 34 heavy (non-hydrogen) atoms. The Hall–Kier alpha value is -3.60. The van der Waals surface area contributed by atoms with E-state index in [1.807, 2.05) is 23.5 Å². The first-order valence-electron chi connectivity index (χ1n) is 10.8. The molecule has 1 N–H and O–H groups in total. The molecule has 10 nitrogen and oxygen atoms in total. The van der Waals surface area contributed by atoms with E-state index in [9.17, 15) is 13.2 Å². The standard InChI is InChI=1S/C23H25N5O5S/c1-13-21(25-19-10-16(23(29)33-3)11-20(32-2)28(13)19)17-9-15-7-8-18(26-34(4,30)31)24-22(15)27(17)12-14-5-6-14/h7-11,14H,5-6,12H2,1-4H3,(H,24,26). The Labute approximate surface area is 196 Å². The maximum absolute atomic E-state index is 12.1. The van der Waals surface area contributed by atoms with Crippen molar-refractivity contribution in [3.8, 4) is 17.3 Å². The lowest BCUT2D eigenvalue weighted by Gasteiger charge is -2.10. The summed E-state index contributed by atoms with van der Waals surface area (Å²) in [5.74, 6) is 0.811. The lowest BCUT2D eigenvalue weighted by molar-refractivity contribution is 0.0600. The number of esters is 1. The summed E-state index contributed by atoms with van der Waals surface area (Å²) >= 11 is 0. The molecular weight excluding hydrogens is 458 g/mol. The van der Waals surface area contributed by atoms with Crippen LogP contribution < -0.4 is 9.46 Å². The number of sulfonamides is 1. The van der Waals surface area contributed by atoms with E-state index < -0.39 is 16.0 Å². The number of nitrogens with one attached hydrogen (secondary N) is 1. The van der Waals surface area contributed by atoms with E-state index in [4.69, 9.17) is 14.5 Å². The van der Waals surface area contributed by atoms with Crippen LogP contribution in [0.4, 0.5) is 5.82 Å². The molecule has 4 aromatic rings. The average Bonchev–Trinajstić information content (AvgIpc) is 3.47. The van der Waals surface area contributed by atoms with E-state index in [0.717, 1.165) is 48.1 Å². The highest BCUT2D eigenvalue weighted by Gasteiger charge is 2.27. The third-order valence-corrected chi connectivity index (χ3v) is 6.54. The molecule has 0 aliphatic heterocycles. The highest BCUT2D eigenvalue weighted by Crippen LogP contribution is 2.37. The fraction of sp³-hybridized carbons (Fsp3) is 0.348. The highest BCUT2D eigenvalue weighted by atomic mass is 32.2. The van der Waals surface area contributed by atoms with Gasteiger partial charge in [0.1, 0.15) is 22.8 Å². The number of nitrogens with zero attached hydrogens (tertiary/aromatic N) is 4. The minimum Gasteiger partial charge on any atom is -0.482 e. The van der Waals surface area contributed by atoms with Crippen molar-refractivity contribution in [3.05, 3.63) is 41.6 Å². The Kier molecular flexibility index (Phi) is 5.23. The van der Waals surface area contributed by atoms with Crippen molar-refractivity contribution in [2.24, 2.45) is 5.92 Å². The zero-order chi connectivity index (χ0) is 24.2. The van der Waals surface area contributed by atoms with Crippen molar-refractivity contribution in [1.82, 2.24) is 18.9 Å². The SMILES string of the molecule is COC(=O)c1cc(OC)n2c(C)c(-c3cc4ccc(NS(C)(=O)=O)nc4n3CC3CC3)nc2c1. The Balaban J connectivity index is 1.72. The topological polar surface area (TPSA) is 117 Å². The molecule has 1 saturated carbocycles. The zero-order valence-electron chi connectivity index (χ0n) is 19.3. The third kappa shape index (κ3) is 3.96. The van der Waals surface area contributed by atoms with Crippen LogP contribution in [-0.2, 0) is 21.3 Å². The van der Waals surface area contributed by atoms with Gasteiger partial charge in [0.05, 0.1) is 37.4 Å². The number of anilines is 1. The number of aromatic nitrogens is 4. The van der Waals surface area contributed by atoms with Gasteiger partial charge in [-0.3, -0.25) is 9.12 Å². The number of rotatable bonds is 7. The van der Waals surface area contributed by atoms with Gasteiger partial charge in [-0.15, -0.1) is 0 Å². The molecule has 0 bridgehead atoms. The second-order valence-electron chi connectivity index (χ2n) is 8.58. The molecule has 0 unspecified atom stereocenters. The van der Waals surface area contributed by atoms with Crippen molar-refractivity contribution in [2.75, 3.05) is 25.2 Å². The number of hydrogen-bond donors (Lipinski definition) is 1. The van der Waals surface area contributed by atoms with Gasteiger partial charge < -0.3 is 14.0 Å². The predicted molar refractivity (Wildman–Crippen MR) is 128 cm³/mol. The molecule has 178 valence electrons. The molecule has 5 rings (SSSR count). The van der Waals surface area contributed by atoms with Gasteiger partial charge in [-0.05, 0) is 49.9 Å². The van der Waals surface area contributed by atoms with Crippen LogP contribution in [0.1, 0.15) is 28.9 Å². The molecule has 0 aromatic carbocycles. The number of hydrogen-bond acceptors (Lipinski definition) is 7. The van der Waals surface area contributed by atoms with E-state index in [2.05, 4.69) is 14.3 Å². The van der Waals surface area contributed by atoms with Gasteiger partial charge in [-0.2, -0.15) is 0 Å². The maximum atomic E-state index is 12.1. The summed E-state index contributed by atoms with van der Waals surface area (Å²) in [5.41, 5.74) is 4.04. The lowest BCUT2D eigenvalue weighted by Crippen LogP contribution is -2.11. The molecular formula is C23H25N5O5S. The molecule has 0 saturated heterocycles. The van der Waals surface area contributed by atoms with Crippen LogP contribution >= 0.6 is 0 Å². The van der Waals surface area contributed by atoms with Gasteiger partial charge in [-0.1, -0.05) is 0 Å². The quantitative estimate of drug-likeness (QED) is 0.401. The summed E-state index contributed by atoms with van der Waals surface area (Å²) in [6, 6.07) is 8.81. The van der Waals surface area contributed by atoms with E-state index in [1.54, 1.807) is 25.3 Å². The monoisotopic (exact) mass is 483 g/mol. The fourth-order valence-electron chi connectivity index (χ4n) is 4.22. The van der Waals surface area contributed by atoms with Crippen molar-refractivity contribution in [2.45, 2.75) is 26.3 Å². The molecule has 1 fully saturated rings. The summed E-state index contributed by atoms with van der Waals surface area (Å²) < 4.78 is 40.3. The first-order valence-corrected chi connectivity index (χ1v) is 12.7. The van der Waals surface area contributed by atoms with Crippen molar-refractivity contribution in [1.29, 1.82) is 0 Å². The second kappa shape index (κ2) is 8.01. The van der Waals surface area contributed by atoms with Crippen molar-refractivity contribution >= 4 is 38.5 Å². The Bertz CT molecular complexity index is 1550. The molecule has 1 aliphatic carbocycles. The van der Waals surface area contributed by atoms with Crippen molar-refractivity contribution in [3.63, 3.8) is 0 Å². The second-order valence-corrected chi connectivity index (χ2v) is 10.3. The molecule has 0 spiro atoms. The molecule has 4 aromatic heterocycles. The van der Waals surface area contributed by atoms with Gasteiger partial charge in [0.15, 0.2) is 5.88 Å². The molecule has 0 amide bonds. The largest absolute Gasteiger partial charge is 0.482 e. The van der Waals surface area contributed by atoms with Crippen LogP contribution in [0.25, 0.3) is 28.1 Å². The summed E-state index contributed by atoms with van der Waals surface area (Å²) in [4.78, 5) is 21.6. The number of imidazole rings is 1. The van der Waals surface area contributed by atoms with Gasteiger partial charge in [0.25, 0.3) is 0 Å². The molecule has 11 heteroatoms. The lowest BCUT2D eigenvalue weighted by atomic mass is 10.2. The molecule has 0 atom stereocenters. The summed E-state index contributed by atoms with van der Waals surface area (Å²) in [6.07, 6.45) is 3.38. The van der Waals surface area contributed by atoms with Crippen LogP contribution in [-0.4, -0.2) is 53.8 Å². The van der Waals surface area contributed by atoms with E-state index >= 15 is 0 Å². The number of methoxy groups -OCH3 is 2. The smallest absolute Gasteiger partial charge is 0.338 e. The molecule has 0 radical (unpaired) electrons. The van der Waals surface area contributed by atoms with Gasteiger partial charge in [-0.25, -0.2) is 23.2 Å². The molecule has 1 aliphatic rings. The van der Waals surface area contributed by atoms with E-state index in [1.165, 1.54) is 7.11 Å². The number of fused-ring (bicyclic) bond motifs is 2. The molecule has 4 heterocycles. The van der Waals surface area contributed by atoms with Crippen LogP contribution in [0, 0.1) is 12.8 Å². The van der Waals surface area contributed by atoms with E-state index in [-0.39, 0.29) is 5.82 Å². The summed E-state index contributed by atoms with van der Waals surface area (Å²) in [5, 5.41) is 0.883. The minimum absolute atomic E-state index is 0.271. The van der Waals surface area contributed by atoms with Crippen LogP contribution in [0.15, 0.2) is 30.3 Å². The number of pyridine rings is 2. The maximum Gasteiger partial charge on any atom is 0.338 e. The number of ether oxygens (including phenoxy) is 2. The van der Waals surface area contributed by atoms with Crippen LogP contribution in [0.5, 0.6) is 5.88 Å². The Morgan fingerprint density at radius 3 is 2.59 bits per heavy atom. The first kappa shape index (κ1) is 22.2. The third-order valence-electron chi connectivity index (χ3n) is 5.96. The predicted octanol–water partition coefficient (Wildman–Crippen LogP) is 3.24. The zero-order valence-corrected chi connectivity index (χ0v) is 20.1. The highest BCUT2D eigenvalue weighted by molar-refractivity contribution is 7.92. The minimum atomic E-state index is -3.45. The first-order chi connectivity index (χ1) is 16.2. The number of carbonyl (C=O) groups excluding carboxylic acids is 1. The van der Waals surface area contributed by atoms with Crippen LogP contribution in [0.3, 0.4) is 0 Å². The van der Waals surface area contributed by atoms with Gasteiger partial charge in [0, 0.05) is 18.0 Å². The van der Waals surface area contributed by atoms with Crippen LogP contribution in [0.2, 0.25) is 0 Å². The average molecular weight is 484 g/mol. The Morgan fingerprint density at radius 2 is 1.94 bits per heavy atom. The number of aryl methyl sites for hydroxylation is 1. The number of carbonyl (C=O) groups is 1. The Morgan fingerprint density at radius 1 is 1.18 bits per heavy atom. The fourth-order valence-corrected chi connectivity index (χ4v) is 4.71. The summed E-state index contributed by atoms with van der Waals surface area (Å²) in [7, 11) is -0.577. The summed E-state index contributed by atoms with van der Waals surface area (Å²) in [6.45, 7) is 2.70. The van der Waals surface area contributed by atoms with Crippen molar-refractivity contribution < 1.29 is 22.7 Å². The van der Waals surface area contributed by atoms with Gasteiger partial charge >= 0.3 is 5.97 Å². The van der Waals surface area contributed by atoms with E-state index in [0.29, 0.717) is 28.7 Å². The normalized spacial score (nSPS) is 14.0. The van der Waals surface area contributed by atoms with Gasteiger partial charge in [0.2, 0.25) is 10.0 Å².